The number of fused-ring (bicyclic) bond motifs is 1. The van der Waals surface area contributed by atoms with Crippen LogP contribution in [-0.4, -0.2) is 18.1 Å². The summed E-state index contributed by atoms with van der Waals surface area (Å²) < 4.78 is 5.74. The number of anilines is 2. The van der Waals surface area contributed by atoms with Gasteiger partial charge in [-0.1, -0.05) is 37.5 Å². The molecule has 25 heavy (non-hydrogen) atoms. The number of rotatable bonds is 4. The van der Waals surface area contributed by atoms with Crippen LogP contribution in [0.25, 0.3) is 0 Å². The number of benzene rings is 2. The van der Waals surface area contributed by atoms with Crippen molar-refractivity contribution in [3.63, 3.8) is 0 Å². The molecule has 2 aromatic carbocycles. The highest BCUT2D eigenvalue weighted by Gasteiger charge is 2.28. The van der Waals surface area contributed by atoms with Gasteiger partial charge < -0.3 is 15.4 Å². The van der Waals surface area contributed by atoms with Gasteiger partial charge in [-0.25, -0.2) is 0 Å². The van der Waals surface area contributed by atoms with Gasteiger partial charge in [-0.3, -0.25) is 4.79 Å². The van der Waals surface area contributed by atoms with E-state index in [0.29, 0.717) is 12.5 Å². The summed E-state index contributed by atoms with van der Waals surface area (Å²) >= 11 is 0. The maximum atomic E-state index is 12.4. The zero-order valence-electron chi connectivity index (χ0n) is 14.3. The highest BCUT2D eigenvalue weighted by atomic mass is 16.5. The van der Waals surface area contributed by atoms with Crippen molar-refractivity contribution in [1.29, 1.82) is 0 Å². The molecule has 1 aliphatic carbocycles. The lowest BCUT2D eigenvalue weighted by Gasteiger charge is -2.24. The molecule has 1 heterocycles. The Morgan fingerprint density at radius 3 is 2.40 bits per heavy atom. The van der Waals surface area contributed by atoms with E-state index in [4.69, 9.17) is 4.74 Å². The van der Waals surface area contributed by atoms with Gasteiger partial charge in [-0.2, -0.15) is 0 Å². The smallest absolute Gasteiger partial charge is 0.265 e. The van der Waals surface area contributed by atoms with Gasteiger partial charge in [-0.05, 0) is 48.7 Å². The minimum atomic E-state index is -0.447. The molecule has 4 heteroatoms. The molecule has 0 aromatic heterocycles. The van der Waals surface area contributed by atoms with Gasteiger partial charge in [0, 0.05) is 23.8 Å². The van der Waals surface area contributed by atoms with Crippen LogP contribution in [0.1, 0.15) is 37.7 Å². The molecule has 4 nitrogen and oxygen atoms in total. The summed E-state index contributed by atoms with van der Waals surface area (Å²) in [6.45, 7) is 0. The predicted molar refractivity (Wildman–Crippen MR) is 100 cm³/mol. The summed E-state index contributed by atoms with van der Waals surface area (Å²) in [6.07, 6.45) is 6.67. The zero-order valence-corrected chi connectivity index (χ0v) is 14.3. The summed E-state index contributed by atoms with van der Waals surface area (Å²) in [6, 6.07) is 16.4. The zero-order chi connectivity index (χ0) is 17.1. The van der Waals surface area contributed by atoms with Crippen molar-refractivity contribution in [2.45, 2.75) is 50.7 Å². The average molecular weight is 336 g/mol. The first-order valence-electron chi connectivity index (χ1n) is 9.20. The number of carbonyl (C=O) groups excluding carboxylic acids is 1. The number of hydrogen-bond acceptors (Lipinski definition) is 3. The fourth-order valence-corrected chi connectivity index (χ4v) is 3.68. The normalized spacial score (nSPS) is 19.8. The second kappa shape index (κ2) is 7.18. The van der Waals surface area contributed by atoms with E-state index < -0.39 is 6.10 Å². The third kappa shape index (κ3) is 3.78. The number of para-hydroxylation sites is 1. The summed E-state index contributed by atoms with van der Waals surface area (Å²) in [5.74, 6) is 0.721. The third-order valence-corrected chi connectivity index (χ3v) is 5.07. The molecule has 1 unspecified atom stereocenters. The lowest BCUT2D eigenvalue weighted by Crippen LogP contribution is -2.31. The molecular weight excluding hydrogens is 312 g/mol. The lowest BCUT2D eigenvalue weighted by atomic mass is 9.95. The quantitative estimate of drug-likeness (QED) is 0.871. The van der Waals surface area contributed by atoms with Crippen molar-refractivity contribution in [3.05, 3.63) is 54.1 Å². The third-order valence-electron chi connectivity index (χ3n) is 5.07. The minimum absolute atomic E-state index is 0.0933. The summed E-state index contributed by atoms with van der Waals surface area (Å²) in [5, 5.41) is 6.55. The number of nitrogens with one attached hydrogen (secondary N) is 2. The summed E-state index contributed by atoms with van der Waals surface area (Å²) in [7, 11) is 0. The SMILES string of the molecule is O=C(Nc1ccc(NC2CCCCC2)cc1)C1Cc2ccccc2O1. The van der Waals surface area contributed by atoms with Crippen LogP contribution in [0.5, 0.6) is 5.75 Å². The summed E-state index contributed by atoms with van der Waals surface area (Å²) in [4.78, 5) is 12.4. The molecule has 4 rings (SSSR count). The van der Waals surface area contributed by atoms with E-state index in [1.165, 1.54) is 32.1 Å². The molecule has 0 radical (unpaired) electrons. The van der Waals surface area contributed by atoms with Crippen LogP contribution < -0.4 is 15.4 Å². The molecule has 0 saturated heterocycles. The van der Waals surface area contributed by atoms with Gasteiger partial charge in [0.2, 0.25) is 0 Å². The van der Waals surface area contributed by atoms with Gasteiger partial charge in [0.1, 0.15) is 5.75 Å². The Labute approximate surface area is 148 Å². The van der Waals surface area contributed by atoms with Crippen LogP contribution in [0.4, 0.5) is 11.4 Å². The van der Waals surface area contributed by atoms with Crippen molar-refractivity contribution in [2.75, 3.05) is 10.6 Å². The molecule has 130 valence electrons. The molecular formula is C21H24N2O2. The molecule has 1 fully saturated rings. The van der Waals surface area contributed by atoms with Crippen LogP contribution in [-0.2, 0) is 11.2 Å². The van der Waals surface area contributed by atoms with Gasteiger partial charge in [0.15, 0.2) is 6.10 Å². The van der Waals surface area contributed by atoms with Crippen molar-refractivity contribution in [2.24, 2.45) is 0 Å². The van der Waals surface area contributed by atoms with Crippen molar-refractivity contribution >= 4 is 17.3 Å². The second-order valence-electron chi connectivity index (χ2n) is 6.96. The van der Waals surface area contributed by atoms with Crippen LogP contribution in [0, 0.1) is 0 Å². The number of ether oxygens (including phenoxy) is 1. The van der Waals surface area contributed by atoms with Gasteiger partial charge in [-0.15, -0.1) is 0 Å². The predicted octanol–water partition coefficient (Wildman–Crippen LogP) is 4.37. The molecule has 2 aromatic rings. The standard InChI is InChI=1S/C21H24N2O2/c24-21(20-14-15-6-4-5-9-19(15)25-20)23-18-12-10-17(11-13-18)22-16-7-2-1-3-8-16/h4-6,9-13,16,20,22H,1-3,7-8,14H2,(H,23,24). The monoisotopic (exact) mass is 336 g/mol. The lowest BCUT2D eigenvalue weighted by molar-refractivity contribution is -0.122. The second-order valence-corrected chi connectivity index (χ2v) is 6.96. The first kappa shape index (κ1) is 16.0. The van der Waals surface area contributed by atoms with Crippen molar-refractivity contribution < 1.29 is 9.53 Å². The minimum Gasteiger partial charge on any atom is -0.480 e. The van der Waals surface area contributed by atoms with E-state index in [1.807, 2.05) is 48.5 Å². The van der Waals surface area contributed by atoms with Crippen LogP contribution in [0.15, 0.2) is 48.5 Å². The maximum absolute atomic E-state index is 12.4. The Hall–Kier alpha value is -2.49. The summed E-state index contributed by atoms with van der Waals surface area (Å²) in [5.41, 5.74) is 3.02. The molecule has 1 amide bonds. The van der Waals surface area contributed by atoms with E-state index in [1.54, 1.807) is 0 Å². The topological polar surface area (TPSA) is 50.4 Å². The Morgan fingerprint density at radius 2 is 1.64 bits per heavy atom. The molecule has 1 saturated carbocycles. The van der Waals surface area contributed by atoms with Crippen LogP contribution in [0.2, 0.25) is 0 Å². The molecule has 0 spiro atoms. The Kier molecular flexibility index (Phi) is 4.59. The van der Waals surface area contributed by atoms with E-state index in [0.717, 1.165) is 22.7 Å². The largest absolute Gasteiger partial charge is 0.480 e. The molecule has 2 aliphatic rings. The van der Waals surface area contributed by atoms with Crippen molar-refractivity contribution in [3.8, 4) is 5.75 Å². The molecule has 2 N–H and O–H groups in total. The van der Waals surface area contributed by atoms with E-state index >= 15 is 0 Å². The van der Waals surface area contributed by atoms with Gasteiger partial charge in [0.25, 0.3) is 5.91 Å². The average Bonchev–Trinajstić information content (AvgIpc) is 3.09. The molecule has 1 aliphatic heterocycles. The highest BCUT2D eigenvalue weighted by molar-refractivity contribution is 5.95. The van der Waals surface area contributed by atoms with Gasteiger partial charge >= 0.3 is 0 Å². The van der Waals surface area contributed by atoms with E-state index in [2.05, 4.69) is 10.6 Å². The van der Waals surface area contributed by atoms with Crippen LogP contribution in [0.3, 0.4) is 0 Å². The van der Waals surface area contributed by atoms with Crippen molar-refractivity contribution in [1.82, 2.24) is 0 Å². The first-order valence-corrected chi connectivity index (χ1v) is 9.20. The first-order chi connectivity index (χ1) is 12.3. The Bertz CT molecular complexity index is 711. The Balaban J connectivity index is 1.33. The molecule has 1 atom stereocenters. The van der Waals surface area contributed by atoms with E-state index in [9.17, 15) is 4.79 Å². The Morgan fingerprint density at radius 1 is 0.920 bits per heavy atom. The maximum Gasteiger partial charge on any atom is 0.265 e. The van der Waals surface area contributed by atoms with E-state index in [-0.39, 0.29) is 5.91 Å². The number of carbonyl (C=O) groups is 1. The fourth-order valence-electron chi connectivity index (χ4n) is 3.68. The highest BCUT2D eigenvalue weighted by Crippen LogP contribution is 2.29. The van der Waals surface area contributed by atoms with Crippen LogP contribution >= 0.6 is 0 Å². The molecule has 0 bridgehead atoms. The number of amides is 1. The fraction of sp³-hybridized carbons (Fsp3) is 0.381. The van der Waals surface area contributed by atoms with Gasteiger partial charge in [0.05, 0.1) is 0 Å². The number of hydrogen-bond donors (Lipinski definition) is 2.